The number of hydrogen-bond donors (Lipinski definition) is 0. The Morgan fingerprint density at radius 1 is 1.30 bits per heavy atom. The van der Waals surface area contributed by atoms with E-state index in [-0.39, 0.29) is 0 Å². The van der Waals surface area contributed by atoms with Crippen LogP contribution < -0.4 is 0 Å². The molecular weight excluding hydrogens is 270 g/mol. The van der Waals surface area contributed by atoms with E-state index in [2.05, 4.69) is 11.2 Å². The first kappa shape index (κ1) is 13.2. The Bertz CT molecular complexity index is 676. The first-order valence-electron chi connectivity index (χ1n) is 6.97. The Kier molecular flexibility index (Phi) is 3.50. The SMILES string of the molecule is Cc1ccccc1-n1nc(C2CCCC2)c(C#N)c1Cl. The number of nitrogens with zero attached hydrogens (tertiary/aromatic N) is 3. The van der Waals surface area contributed by atoms with E-state index in [1.54, 1.807) is 4.68 Å². The zero-order valence-electron chi connectivity index (χ0n) is 11.4. The third-order valence-electron chi connectivity index (χ3n) is 4.05. The van der Waals surface area contributed by atoms with Crippen molar-refractivity contribution in [2.24, 2.45) is 0 Å². The lowest BCUT2D eigenvalue weighted by molar-refractivity contribution is 0.677. The van der Waals surface area contributed by atoms with Gasteiger partial charge in [0.05, 0.1) is 11.4 Å². The van der Waals surface area contributed by atoms with E-state index in [1.807, 2.05) is 31.2 Å². The molecule has 1 aromatic carbocycles. The van der Waals surface area contributed by atoms with Crippen molar-refractivity contribution in [2.45, 2.75) is 38.5 Å². The van der Waals surface area contributed by atoms with Gasteiger partial charge in [-0.1, -0.05) is 42.6 Å². The fourth-order valence-electron chi connectivity index (χ4n) is 2.96. The molecule has 20 heavy (non-hydrogen) atoms. The summed E-state index contributed by atoms with van der Waals surface area (Å²) in [5, 5.41) is 14.5. The predicted octanol–water partition coefficient (Wildman–Crippen LogP) is 4.36. The highest BCUT2D eigenvalue weighted by atomic mass is 35.5. The maximum atomic E-state index is 9.40. The van der Waals surface area contributed by atoms with Crippen LogP contribution in [0, 0.1) is 18.3 Å². The second-order valence-electron chi connectivity index (χ2n) is 5.34. The number of aromatic nitrogens is 2. The number of benzene rings is 1. The second-order valence-corrected chi connectivity index (χ2v) is 5.70. The summed E-state index contributed by atoms with van der Waals surface area (Å²) in [6, 6.07) is 10.2. The number of halogens is 1. The zero-order valence-corrected chi connectivity index (χ0v) is 12.2. The van der Waals surface area contributed by atoms with Gasteiger partial charge in [-0.05, 0) is 31.4 Å². The van der Waals surface area contributed by atoms with Crippen LogP contribution in [0.5, 0.6) is 0 Å². The first-order chi connectivity index (χ1) is 9.72. The van der Waals surface area contributed by atoms with Gasteiger partial charge < -0.3 is 0 Å². The molecule has 0 aliphatic heterocycles. The Morgan fingerprint density at radius 2 is 2.00 bits per heavy atom. The van der Waals surface area contributed by atoms with Crippen molar-refractivity contribution in [2.75, 3.05) is 0 Å². The molecular formula is C16H16ClN3. The van der Waals surface area contributed by atoms with E-state index in [1.165, 1.54) is 12.8 Å². The number of nitriles is 1. The molecule has 0 bridgehead atoms. The molecule has 1 heterocycles. The molecule has 0 radical (unpaired) electrons. The van der Waals surface area contributed by atoms with Crippen LogP contribution in [0.15, 0.2) is 24.3 Å². The van der Waals surface area contributed by atoms with Gasteiger partial charge in [0.25, 0.3) is 0 Å². The van der Waals surface area contributed by atoms with Gasteiger partial charge in [0.1, 0.15) is 11.6 Å². The summed E-state index contributed by atoms with van der Waals surface area (Å²) in [7, 11) is 0. The third kappa shape index (κ3) is 2.10. The number of hydrogen-bond acceptors (Lipinski definition) is 2. The minimum absolute atomic E-state index is 0.382. The molecule has 0 amide bonds. The minimum atomic E-state index is 0.382. The number of para-hydroxylation sites is 1. The molecule has 0 N–H and O–H groups in total. The summed E-state index contributed by atoms with van der Waals surface area (Å²) in [6.07, 6.45) is 4.64. The van der Waals surface area contributed by atoms with Gasteiger partial charge in [-0.15, -0.1) is 0 Å². The van der Waals surface area contributed by atoms with Crippen molar-refractivity contribution < 1.29 is 0 Å². The Labute approximate surface area is 123 Å². The van der Waals surface area contributed by atoms with Crippen LogP contribution in [0.4, 0.5) is 0 Å². The summed E-state index contributed by atoms with van der Waals surface area (Å²) in [6.45, 7) is 2.02. The lowest BCUT2D eigenvalue weighted by Crippen LogP contribution is -2.01. The van der Waals surface area contributed by atoms with E-state index >= 15 is 0 Å². The molecule has 1 aromatic heterocycles. The lowest BCUT2D eigenvalue weighted by Gasteiger charge is -2.07. The van der Waals surface area contributed by atoms with Crippen molar-refractivity contribution >= 4 is 11.6 Å². The van der Waals surface area contributed by atoms with Crippen molar-refractivity contribution in [3.8, 4) is 11.8 Å². The topological polar surface area (TPSA) is 41.6 Å². The Hall–Kier alpha value is -1.79. The third-order valence-corrected chi connectivity index (χ3v) is 4.40. The van der Waals surface area contributed by atoms with E-state index in [9.17, 15) is 5.26 Å². The van der Waals surface area contributed by atoms with Crippen LogP contribution in [-0.4, -0.2) is 9.78 Å². The van der Waals surface area contributed by atoms with Gasteiger partial charge in [0.15, 0.2) is 5.15 Å². The highest BCUT2D eigenvalue weighted by molar-refractivity contribution is 6.31. The summed E-state index contributed by atoms with van der Waals surface area (Å²) in [4.78, 5) is 0. The van der Waals surface area contributed by atoms with Gasteiger partial charge in [-0.3, -0.25) is 0 Å². The van der Waals surface area contributed by atoms with E-state index < -0.39 is 0 Å². The van der Waals surface area contributed by atoms with E-state index in [0.717, 1.165) is 29.8 Å². The lowest BCUT2D eigenvalue weighted by atomic mass is 10.0. The molecule has 0 unspecified atom stereocenters. The van der Waals surface area contributed by atoms with Gasteiger partial charge in [0, 0.05) is 5.92 Å². The highest BCUT2D eigenvalue weighted by Crippen LogP contribution is 2.37. The molecule has 1 aliphatic rings. The molecule has 2 aromatic rings. The van der Waals surface area contributed by atoms with Crippen LogP contribution in [0.25, 0.3) is 5.69 Å². The van der Waals surface area contributed by atoms with Crippen LogP contribution in [0.3, 0.4) is 0 Å². The van der Waals surface area contributed by atoms with Crippen LogP contribution in [-0.2, 0) is 0 Å². The maximum Gasteiger partial charge on any atom is 0.150 e. The van der Waals surface area contributed by atoms with Crippen molar-refractivity contribution in [1.29, 1.82) is 5.26 Å². The normalized spacial score (nSPS) is 15.4. The Balaban J connectivity index is 2.14. The average Bonchev–Trinajstić information content (AvgIpc) is 3.07. The highest BCUT2D eigenvalue weighted by Gasteiger charge is 2.27. The van der Waals surface area contributed by atoms with Gasteiger partial charge in [0.2, 0.25) is 0 Å². The van der Waals surface area contributed by atoms with Crippen LogP contribution in [0.1, 0.15) is 48.4 Å². The summed E-state index contributed by atoms with van der Waals surface area (Å²) < 4.78 is 1.71. The fraction of sp³-hybridized carbons (Fsp3) is 0.375. The first-order valence-corrected chi connectivity index (χ1v) is 7.34. The molecule has 1 aliphatic carbocycles. The average molecular weight is 286 g/mol. The molecule has 1 saturated carbocycles. The summed E-state index contributed by atoms with van der Waals surface area (Å²) in [5.41, 5.74) is 3.46. The maximum absolute atomic E-state index is 9.40. The molecule has 3 nitrogen and oxygen atoms in total. The molecule has 0 atom stereocenters. The zero-order chi connectivity index (χ0) is 14.1. The molecule has 4 heteroatoms. The Morgan fingerprint density at radius 3 is 2.65 bits per heavy atom. The summed E-state index contributed by atoms with van der Waals surface area (Å²) >= 11 is 6.39. The van der Waals surface area contributed by atoms with Gasteiger partial charge in [-0.2, -0.15) is 10.4 Å². The molecule has 102 valence electrons. The van der Waals surface area contributed by atoms with Crippen molar-refractivity contribution in [3.63, 3.8) is 0 Å². The van der Waals surface area contributed by atoms with Gasteiger partial charge in [-0.25, -0.2) is 4.68 Å². The second kappa shape index (κ2) is 5.30. The van der Waals surface area contributed by atoms with Crippen molar-refractivity contribution in [1.82, 2.24) is 9.78 Å². The largest absolute Gasteiger partial charge is 0.220 e. The molecule has 0 saturated heterocycles. The number of rotatable bonds is 2. The smallest absolute Gasteiger partial charge is 0.150 e. The quantitative estimate of drug-likeness (QED) is 0.822. The number of aryl methyl sites for hydroxylation is 1. The monoisotopic (exact) mass is 285 g/mol. The minimum Gasteiger partial charge on any atom is -0.220 e. The molecule has 0 spiro atoms. The standard InChI is InChI=1S/C16H16ClN3/c1-11-6-2-5-9-14(11)20-16(17)13(10-18)15(19-20)12-7-3-4-8-12/h2,5-6,9,12H,3-4,7-8H2,1H3. The molecule has 1 fully saturated rings. The van der Waals surface area contributed by atoms with E-state index in [0.29, 0.717) is 16.6 Å². The fourth-order valence-corrected chi connectivity index (χ4v) is 3.23. The van der Waals surface area contributed by atoms with Crippen LogP contribution >= 0.6 is 11.6 Å². The summed E-state index contributed by atoms with van der Waals surface area (Å²) in [5.74, 6) is 0.382. The molecule has 3 rings (SSSR count). The van der Waals surface area contributed by atoms with Crippen molar-refractivity contribution in [3.05, 3.63) is 46.2 Å². The van der Waals surface area contributed by atoms with Gasteiger partial charge >= 0.3 is 0 Å². The van der Waals surface area contributed by atoms with Crippen LogP contribution in [0.2, 0.25) is 5.15 Å². The van der Waals surface area contributed by atoms with E-state index in [4.69, 9.17) is 11.6 Å². The predicted molar refractivity (Wildman–Crippen MR) is 79.2 cm³/mol.